The van der Waals surface area contributed by atoms with Gasteiger partial charge in [-0.1, -0.05) is 11.8 Å². The molecule has 108 valence electrons. The van der Waals surface area contributed by atoms with Gasteiger partial charge in [0, 0.05) is 24.7 Å². The first-order valence-electron chi connectivity index (χ1n) is 6.40. The van der Waals surface area contributed by atoms with E-state index in [9.17, 15) is 10.1 Å². The van der Waals surface area contributed by atoms with E-state index in [0.717, 1.165) is 22.0 Å². The van der Waals surface area contributed by atoms with Crippen molar-refractivity contribution in [3.63, 3.8) is 0 Å². The lowest BCUT2D eigenvalue weighted by Crippen LogP contribution is -2.05. The summed E-state index contributed by atoms with van der Waals surface area (Å²) >= 11 is 1.41. The first-order chi connectivity index (χ1) is 10.1. The predicted octanol–water partition coefficient (Wildman–Crippen LogP) is 3.89. The number of fused-ring (bicyclic) bond motifs is 2. The Labute approximate surface area is 126 Å². The highest BCUT2D eigenvalue weighted by Crippen LogP contribution is 2.50. The lowest BCUT2D eigenvalue weighted by molar-refractivity contribution is -0.386. The van der Waals surface area contributed by atoms with Gasteiger partial charge in [0.2, 0.25) is 0 Å². The van der Waals surface area contributed by atoms with Crippen LogP contribution in [-0.2, 0) is 0 Å². The molecule has 2 aromatic carbocycles. The summed E-state index contributed by atoms with van der Waals surface area (Å²) in [4.78, 5) is 12.7. The van der Waals surface area contributed by atoms with Gasteiger partial charge >= 0.3 is 5.69 Å². The number of hydrogen-bond donors (Lipinski definition) is 3. The summed E-state index contributed by atoms with van der Waals surface area (Å²) in [6.45, 7) is 0. The van der Waals surface area contributed by atoms with Crippen molar-refractivity contribution < 1.29 is 4.92 Å². The van der Waals surface area contributed by atoms with Gasteiger partial charge in [-0.15, -0.1) is 0 Å². The van der Waals surface area contributed by atoms with Crippen LogP contribution in [0, 0.1) is 10.1 Å². The highest BCUT2D eigenvalue weighted by Gasteiger charge is 2.27. The largest absolute Gasteiger partial charge is 0.388 e. The second-order valence-corrected chi connectivity index (χ2v) is 5.59. The molecule has 0 amide bonds. The van der Waals surface area contributed by atoms with Gasteiger partial charge in [-0.3, -0.25) is 10.1 Å². The molecule has 0 aliphatic carbocycles. The van der Waals surface area contributed by atoms with Gasteiger partial charge in [-0.2, -0.15) is 0 Å². The molecule has 1 aliphatic heterocycles. The molecule has 7 heteroatoms. The number of rotatable bonds is 3. The molecule has 0 radical (unpaired) electrons. The summed E-state index contributed by atoms with van der Waals surface area (Å²) in [6, 6.07) is 9.49. The van der Waals surface area contributed by atoms with Crippen LogP contribution in [0.15, 0.2) is 40.1 Å². The van der Waals surface area contributed by atoms with Gasteiger partial charge in [0.15, 0.2) is 0 Å². The number of nitro groups is 1. The van der Waals surface area contributed by atoms with Crippen LogP contribution in [0.1, 0.15) is 0 Å². The molecule has 6 nitrogen and oxygen atoms in total. The van der Waals surface area contributed by atoms with E-state index in [0.29, 0.717) is 10.6 Å². The first kappa shape index (κ1) is 13.6. The number of nitro benzene ring substituents is 1. The Morgan fingerprint density at radius 1 is 1.14 bits per heavy atom. The molecular weight excluding hydrogens is 288 g/mol. The average molecular weight is 302 g/mol. The van der Waals surface area contributed by atoms with Crippen molar-refractivity contribution >= 4 is 40.2 Å². The molecule has 1 heterocycles. The van der Waals surface area contributed by atoms with Crippen LogP contribution in [0.2, 0.25) is 0 Å². The third-order valence-corrected chi connectivity index (χ3v) is 4.51. The molecule has 0 saturated heterocycles. The number of anilines is 4. The summed E-state index contributed by atoms with van der Waals surface area (Å²) in [5.74, 6) is 0. The van der Waals surface area contributed by atoms with Gasteiger partial charge < -0.3 is 16.0 Å². The maximum atomic E-state index is 11.4. The van der Waals surface area contributed by atoms with Gasteiger partial charge in [0.25, 0.3) is 0 Å². The van der Waals surface area contributed by atoms with E-state index in [1.165, 1.54) is 11.8 Å². The van der Waals surface area contributed by atoms with E-state index >= 15 is 0 Å². The fourth-order valence-corrected chi connectivity index (χ4v) is 3.42. The topological polar surface area (TPSA) is 79.2 Å². The first-order valence-corrected chi connectivity index (χ1v) is 7.21. The maximum Gasteiger partial charge on any atom is 0.308 e. The third kappa shape index (κ3) is 2.25. The molecule has 0 spiro atoms. The summed E-state index contributed by atoms with van der Waals surface area (Å²) in [5, 5.41) is 20.6. The zero-order chi connectivity index (χ0) is 15.0. The number of hydrogen-bond acceptors (Lipinski definition) is 6. The molecule has 0 bridgehead atoms. The Kier molecular flexibility index (Phi) is 3.34. The van der Waals surface area contributed by atoms with Crippen LogP contribution in [0.25, 0.3) is 0 Å². The summed E-state index contributed by atoms with van der Waals surface area (Å²) < 4.78 is 0. The average Bonchev–Trinajstić information content (AvgIpc) is 2.50. The normalized spacial score (nSPS) is 11.9. The molecule has 3 N–H and O–H groups in total. The molecule has 21 heavy (non-hydrogen) atoms. The molecule has 3 rings (SSSR count). The molecule has 0 fully saturated rings. The minimum absolute atomic E-state index is 0.105. The van der Waals surface area contributed by atoms with Crippen molar-refractivity contribution in [2.24, 2.45) is 0 Å². The molecule has 2 aromatic rings. The van der Waals surface area contributed by atoms with Crippen molar-refractivity contribution in [2.45, 2.75) is 9.79 Å². The molecule has 0 atom stereocenters. The zero-order valence-electron chi connectivity index (χ0n) is 11.6. The molecule has 0 saturated carbocycles. The fraction of sp³-hybridized carbons (Fsp3) is 0.143. The standard InChI is InChI=1S/C14H14N4O2S/c1-15-8-3-4-9-12(7-8)21-14-11(17-9)6-5-10(16-2)13(14)18(19)20/h3-7,15-17H,1-2H3. The Balaban J connectivity index is 2.13. The Morgan fingerprint density at radius 3 is 2.57 bits per heavy atom. The van der Waals surface area contributed by atoms with Crippen LogP contribution in [0.5, 0.6) is 0 Å². The van der Waals surface area contributed by atoms with Crippen molar-refractivity contribution in [1.29, 1.82) is 0 Å². The van der Waals surface area contributed by atoms with E-state index in [1.54, 1.807) is 13.1 Å². The predicted molar refractivity (Wildman–Crippen MR) is 86.0 cm³/mol. The van der Waals surface area contributed by atoms with E-state index in [-0.39, 0.29) is 10.6 Å². The zero-order valence-corrected chi connectivity index (χ0v) is 12.4. The van der Waals surface area contributed by atoms with Gasteiger partial charge in [0.05, 0.1) is 16.3 Å². The van der Waals surface area contributed by atoms with Crippen LogP contribution >= 0.6 is 11.8 Å². The summed E-state index contributed by atoms with van der Waals surface area (Å²) in [5.41, 5.74) is 3.31. The minimum atomic E-state index is -0.341. The van der Waals surface area contributed by atoms with Gasteiger partial charge in [0.1, 0.15) is 10.6 Å². The number of nitrogens with one attached hydrogen (secondary N) is 3. The van der Waals surface area contributed by atoms with Gasteiger partial charge in [-0.25, -0.2) is 0 Å². The fourth-order valence-electron chi connectivity index (χ4n) is 2.28. The van der Waals surface area contributed by atoms with Crippen LogP contribution in [0.4, 0.5) is 28.4 Å². The Bertz CT molecular complexity index is 733. The SMILES string of the molecule is CNc1ccc2c(c1)Sc1c(ccc(NC)c1[N+](=O)[O-])N2. The molecule has 0 aromatic heterocycles. The lowest BCUT2D eigenvalue weighted by Gasteiger charge is -2.22. The highest BCUT2D eigenvalue weighted by molar-refractivity contribution is 8.00. The summed E-state index contributed by atoms with van der Waals surface area (Å²) in [6.07, 6.45) is 0. The van der Waals surface area contributed by atoms with Crippen molar-refractivity contribution in [1.82, 2.24) is 0 Å². The maximum absolute atomic E-state index is 11.4. The smallest absolute Gasteiger partial charge is 0.308 e. The van der Waals surface area contributed by atoms with Crippen LogP contribution in [0.3, 0.4) is 0 Å². The lowest BCUT2D eigenvalue weighted by atomic mass is 10.2. The number of nitrogens with zero attached hydrogens (tertiary/aromatic N) is 1. The van der Waals surface area contributed by atoms with Crippen molar-refractivity contribution in [3.8, 4) is 0 Å². The molecule has 1 aliphatic rings. The third-order valence-electron chi connectivity index (χ3n) is 3.34. The van der Waals surface area contributed by atoms with E-state index in [2.05, 4.69) is 16.0 Å². The Morgan fingerprint density at radius 2 is 1.90 bits per heavy atom. The second kappa shape index (κ2) is 5.17. The minimum Gasteiger partial charge on any atom is -0.388 e. The Hall–Kier alpha value is -2.41. The van der Waals surface area contributed by atoms with E-state index in [4.69, 9.17) is 0 Å². The molecule has 0 unspecified atom stereocenters. The molecular formula is C14H14N4O2S. The monoisotopic (exact) mass is 302 g/mol. The van der Waals surface area contributed by atoms with Crippen LogP contribution in [-0.4, -0.2) is 19.0 Å². The highest BCUT2D eigenvalue weighted by atomic mass is 32.2. The van der Waals surface area contributed by atoms with Crippen LogP contribution < -0.4 is 16.0 Å². The van der Waals surface area contributed by atoms with E-state index in [1.807, 2.05) is 31.3 Å². The number of benzene rings is 2. The second-order valence-electron chi connectivity index (χ2n) is 4.53. The quantitative estimate of drug-likeness (QED) is 0.503. The van der Waals surface area contributed by atoms with E-state index < -0.39 is 0 Å². The van der Waals surface area contributed by atoms with Crippen molar-refractivity contribution in [3.05, 3.63) is 40.4 Å². The van der Waals surface area contributed by atoms with Gasteiger partial charge in [-0.05, 0) is 30.3 Å². The van der Waals surface area contributed by atoms with Crippen molar-refractivity contribution in [2.75, 3.05) is 30.0 Å². The summed E-state index contributed by atoms with van der Waals surface area (Å²) in [7, 11) is 3.53.